The molecule has 0 saturated carbocycles. The predicted octanol–water partition coefficient (Wildman–Crippen LogP) is 5.35. The fourth-order valence-corrected chi connectivity index (χ4v) is 3.32. The minimum atomic E-state index is -0.465. The molecule has 2 aromatic carbocycles. The van der Waals surface area contributed by atoms with Crippen LogP contribution in [0.1, 0.15) is 10.4 Å². The Morgan fingerprint density at radius 1 is 1.04 bits per heavy atom. The Morgan fingerprint density at radius 2 is 1.84 bits per heavy atom. The number of carbonyl (C=O) groups excluding carboxylic acids is 1. The number of anilines is 1. The first-order valence-corrected chi connectivity index (χ1v) is 8.65. The van der Waals surface area contributed by atoms with E-state index in [9.17, 15) is 9.18 Å². The Balaban J connectivity index is 1.82. The fourth-order valence-electron chi connectivity index (χ4n) is 2.67. The van der Waals surface area contributed by atoms with E-state index in [1.54, 1.807) is 29.5 Å². The molecule has 0 aliphatic rings. The van der Waals surface area contributed by atoms with Crippen molar-refractivity contribution in [1.82, 2.24) is 4.98 Å². The molecule has 4 aromatic rings. The molecule has 0 radical (unpaired) electrons. The van der Waals surface area contributed by atoms with Gasteiger partial charge in [0.2, 0.25) is 0 Å². The molecule has 0 aliphatic heterocycles. The first-order valence-electron chi connectivity index (χ1n) is 7.70. The predicted molar refractivity (Wildman–Crippen MR) is 99.4 cm³/mol. The van der Waals surface area contributed by atoms with E-state index in [1.165, 1.54) is 12.1 Å². The Labute approximate surface area is 147 Å². The Morgan fingerprint density at radius 3 is 2.64 bits per heavy atom. The summed E-state index contributed by atoms with van der Waals surface area (Å²) in [5, 5.41) is 7.33. The molecule has 0 unspecified atom stereocenters. The largest absolute Gasteiger partial charge is 0.319 e. The fraction of sp³-hybridized carbons (Fsp3) is 0. The van der Waals surface area contributed by atoms with Gasteiger partial charge in [-0.05, 0) is 35.7 Å². The van der Waals surface area contributed by atoms with Crippen molar-refractivity contribution >= 4 is 33.8 Å². The number of halogens is 1. The van der Waals surface area contributed by atoms with E-state index >= 15 is 0 Å². The van der Waals surface area contributed by atoms with E-state index in [0.717, 1.165) is 22.2 Å². The molecule has 122 valence electrons. The van der Waals surface area contributed by atoms with Crippen LogP contribution in [0.4, 0.5) is 10.1 Å². The molecular formula is C20H13FN2OS. The van der Waals surface area contributed by atoms with E-state index in [1.807, 2.05) is 41.1 Å². The average molecular weight is 348 g/mol. The van der Waals surface area contributed by atoms with Crippen LogP contribution in [0.3, 0.4) is 0 Å². The summed E-state index contributed by atoms with van der Waals surface area (Å²) in [6.45, 7) is 0. The molecule has 0 fully saturated rings. The highest BCUT2D eigenvalue weighted by atomic mass is 32.1. The second-order valence-electron chi connectivity index (χ2n) is 5.52. The lowest BCUT2D eigenvalue weighted by Crippen LogP contribution is -2.14. The highest BCUT2D eigenvalue weighted by Crippen LogP contribution is 2.27. The number of hydrogen-bond donors (Lipinski definition) is 1. The second kappa shape index (κ2) is 6.45. The lowest BCUT2D eigenvalue weighted by Gasteiger charge is -2.10. The van der Waals surface area contributed by atoms with Crippen LogP contribution in [0.2, 0.25) is 0 Å². The van der Waals surface area contributed by atoms with Gasteiger partial charge in [0, 0.05) is 16.3 Å². The number of nitrogens with zero attached hydrogens (tertiary/aromatic N) is 1. The number of fused-ring (bicyclic) bond motifs is 1. The highest BCUT2D eigenvalue weighted by Gasteiger charge is 2.15. The van der Waals surface area contributed by atoms with Gasteiger partial charge in [-0.25, -0.2) is 9.37 Å². The van der Waals surface area contributed by atoms with Crippen molar-refractivity contribution in [3.63, 3.8) is 0 Å². The van der Waals surface area contributed by atoms with Crippen LogP contribution in [0.5, 0.6) is 0 Å². The lowest BCUT2D eigenvalue weighted by molar-refractivity contribution is 0.102. The normalized spacial score (nSPS) is 10.8. The second-order valence-corrected chi connectivity index (χ2v) is 6.30. The minimum Gasteiger partial charge on any atom is -0.319 e. The molecule has 2 aromatic heterocycles. The van der Waals surface area contributed by atoms with Gasteiger partial charge < -0.3 is 5.32 Å². The van der Waals surface area contributed by atoms with E-state index in [2.05, 4.69) is 10.3 Å². The number of thiophene rings is 1. The van der Waals surface area contributed by atoms with E-state index in [-0.39, 0.29) is 11.6 Å². The molecule has 5 heteroatoms. The van der Waals surface area contributed by atoms with Gasteiger partial charge in [-0.1, -0.05) is 30.3 Å². The monoisotopic (exact) mass is 348 g/mol. The smallest absolute Gasteiger partial charge is 0.256 e. The number of benzene rings is 2. The topological polar surface area (TPSA) is 42.0 Å². The highest BCUT2D eigenvalue weighted by molar-refractivity contribution is 7.08. The van der Waals surface area contributed by atoms with Gasteiger partial charge >= 0.3 is 0 Å². The molecule has 0 aliphatic carbocycles. The number of pyridine rings is 1. The van der Waals surface area contributed by atoms with Crippen LogP contribution >= 0.6 is 11.3 Å². The summed E-state index contributed by atoms with van der Waals surface area (Å²) >= 11 is 1.57. The number of para-hydroxylation sites is 2. The van der Waals surface area contributed by atoms with Crippen molar-refractivity contribution in [2.45, 2.75) is 0 Å². The van der Waals surface area contributed by atoms with E-state index < -0.39 is 5.82 Å². The van der Waals surface area contributed by atoms with Crippen LogP contribution in [0, 0.1) is 5.82 Å². The van der Waals surface area contributed by atoms with Gasteiger partial charge in [0.1, 0.15) is 5.82 Å². The summed E-state index contributed by atoms with van der Waals surface area (Å²) in [7, 11) is 0. The molecule has 25 heavy (non-hydrogen) atoms. The maximum absolute atomic E-state index is 13.9. The number of carbonyl (C=O) groups is 1. The quantitative estimate of drug-likeness (QED) is 0.542. The lowest BCUT2D eigenvalue weighted by atomic mass is 10.0. The number of aromatic nitrogens is 1. The third kappa shape index (κ3) is 3.02. The van der Waals surface area contributed by atoms with Crippen LogP contribution in [0.15, 0.2) is 71.4 Å². The van der Waals surface area contributed by atoms with Crippen LogP contribution in [-0.4, -0.2) is 10.9 Å². The van der Waals surface area contributed by atoms with Gasteiger partial charge in [-0.15, -0.1) is 0 Å². The summed E-state index contributed by atoms with van der Waals surface area (Å²) in [6, 6.07) is 17.3. The van der Waals surface area contributed by atoms with Gasteiger partial charge in [0.25, 0.3) is 5.91 Å². The summed E-state index contributed by atoms with van der Waals surface area (Å²) in [4.78, 5) is 17.4. The SMILES string of the molecule is O=C(Nc1ccccc1F)c1cc(-c2ccsc2)nc2ccccc12. The number of hydrogen-bond acceptors (Lipinski definition) is 3. The zero-order chi connectivity index (χ0) is 17.2. The molecule has 0 saturated heterocycles. The van der Waals surface area contributed by atoms with Crippen molar-refractivity contribution < 1.29 is 9.18 Å². The van der Waals surface area contributed by atoms with Crippen molar-refractivity contribution in [2.75, 3.05) is 5.32 Å². The molecule has 4 rings (SSSR count). The first-order chi connectivity index (χ1) is 12.2. The van der Waals surface area contributed by atoms with Crippen LogP contribution in [0.25, 0.3) is 22.2 Å². The van der Waals surface area contributed by atoms with Gasteiger partial charge in [-0.2, -0.15) is 11.3 Å². The number of amides is 1. The Kier molecular flexibility index (Phi) is 3.99. The zero-order valence-electron chi connectivity index (χ0n) is 13.1. The van der Waals surface area contributed by atoms with Crippen LogP contribution < -0.4 is 5.32 Å². The summed E-state index contributed by atoms with van der Waals surface area (Å²) in [5.41, 5.74) is 3.03. The van der Waals surface area contributed by atoms with Gasteiger partial charge in [0.15, 0.2) is 0 Å². The standard InChI is InChI=1S/C20H13FN2OS/c21-16-6-2-4-8-18(16)23-20(24)15-11-19(13-9-10-25-12-13)22-17-7-3-1-5-14(15)17/h1-12H,(H,23,24). The third-order valence-electron chi connectivity index (χ3n) is 3.90. The minimum absolute atomic E-state index is 0.158. The molecule has 1 N–H and O–H groups in total. The number of rotatable bonds is 3. The third-order valence-corrected chi connectivity index (χ3v) is 4.58. The van der Waals surface area contributed by atoms with Crippen LogP contribution in [-0.2, 0) is 0 Å². The summed E-state index contributed by atoms with van der Waals surface area (Å²) in [5.74, 6) is -0.826. The van der Waals surface area contributed by atoms with Crippen molar-refractivity contribution in [2.24, 2.45) is 0 Å². The molecule has 0 atom stereocenters. The summed E-state index contributed by atoms with van der Waals surface area (Å²) < 4.78 is 13.9. The van der Waals surface area contributed by atoms with Crippen molar-refractivity contribution in [3.05, 3.63) is 82.8 Å². The molecular weight excluding hydrogens is 335 g/mol. The van der Waals surface area contributed by atoms with Gasteiger partial charge in [0.05, 0.1) is 22.5 Å². The molecule has 0 spiro atoms. The van der Waals surface area contributed by atoms with Crippen molar-refractivity contribution in [1.29, 1.82) is 0 Å². The number of nitrogens with one attached hydrogen (secondary N) is 1. The zero-order valence-corrected chi connectivity index (χ0v) is 13.9. The van der Waals surface area contributed by atoms with E-state index in [4.69, 9.17) is 0 Å². The molecule has 0 bridgehead atoms. The Bertz CT molecular complexity index is 1060. The maximum Gasteiger partial charge on any atom is 0.256 e. The van der Waals surface area contributed by atoms with Gasteiger partial charge in [-0.3, -0.25) is 4.79 Å². The maximum atomic E-state index is 13.9. The molecule has 2 heterocycles. The average Bonchev–Trinajstić information content (AvgIpc) is 3.17. The molecule has 3 nitrogen and oxygen atoms in total. The first kappa shape index (κ1) is 15.5. The summed E-state index contributed by atoms with van der Waals surface area (Å²) in [6.07, 6.45) is 0. The van der Waals surface area contributed by atoms with E-state index in [0.29, 0.717) is 5.56 Å². The molecule has 1 amide bonds. The van der Waals surface area contributed by atoms with Crippen molar-refractivity contribution in [3.8, 4) is 11.3 Å². The Hall–Kier alpha value is -3.05.